The molecule has 1 amide bonds. The maximum atomic E-state index is 13.1. The van der Waals surface area contributed by atoms with Crippen molar-refractivity contribution in [2.75, 3.05) is 51.3 Å². The SMILES string of the molecule is COC(=O)c1cccc(N=O)c1N1CCN(CC(O)Cn2nc(-c3ccc(CF)cc3)c3c2CCN(C(C)=O)C3)CC1. The number of aromatic nitrogens is 2. The maximum Gasteiger partial charge on any atom is 0.340 e. The van der Waals surface area contributed by atoms with E-state index in [4.69, 9.17) is 9.84 Å². The number of esters is 1. The molecule has 0 saturated carbocycles. The highest BCUT2D eigenvalue weighted by molar-refractivity contribution is 5.99. The van der Waals surface area contributed by atoms with Gasteiger partial charge >= 0.3 is 5.97 Å². The van der Waals surface area contributed by atoms with Crippen LogP contribution < -0.4 is 4.90 Å². The van der Waals surface area contributed by atoms with Gasteiger partial charge in [0.25, 0.3) is 0 Å². The molecule has 1 aromatic heterocycles. The van der Waals surface area contributed by atoms with E-state index in [0.29, 0.717) is 69.0 Å². The van der Waals surface area contributed by atoms with Crippen molar-refractivity contribution in [3.63, 3.8) is 0 Å². The van der Waals surface area contributed by atoms with Crippen LogP contribution >= 0.6 is 0 Å². The van der Waals surface area contributed by atoms with Gasteiger partial charge in [0.15, 0.2) is 0 Å². The minimum absolute atomic E-state index is 0.00319. The molecule has 1 saturated heterocycles. The number of aliphatic hydroxyl groups is 1. The summed E-state index contributed by atoms with van der Waals surface area (Å²) in [6.07, 6.45) is -0.0783. The van der Waals surface area contributed by atoms with E-state index < -0.39 is 18.7 Å². The first-order valence-electron chi connectivity index (χ1n) is 14.0. The molecular weight excluding hydrogens is 543 g/mol. The Bertz CT molecular complexity index is 1450. The number of anilines is 1. The number of amides is 1. The van der Waals surface area contributed by atoms with Crippen LogP contribution in [0.2, 0.25) is 0 Å². The standard InChI is InChI=1S/C30H35FN6O5/c1-20(38)36-11-10-27-25(19-36)28(22-8-6-21(16-31)7-9-22)32-37(27)18-23(39)17-34-12-14-35(15-13-34)29-24(30(40)42-2)4-3-5-26(29)33-41/h3-9,23,39H,10-19H2,1-2H3. The number of carbonyl (C=O) groups is 2. The van der Waals surface area contributed by atoms with Gasteiger partial charge in [-0.15, -0.1) is 4.91 Å². The van der Waals surface area contributed by atoms with Crippen LogP contribution in [0.4, 0.5) is 15.8 Å². The van der Waals surface area contributed by atoms with Crippen molar-refractivity contribution in [1.29, 1.82) is 0 Å². The number of para-hydroxylation sites is 1. The molecule has 1 atom stereocenters. The van der Waals surface area contributed by atoms with Crippen LogP contribution in [0, 0.1) is 4.91 Å². The Balaban J connectivity index is 1.28. The number of carbonyl (C=O) groups excluding carboxylic acids is 2. The van der Waals surface area contributed by atoms with Gasteiger partial charge in [0.05, 0.1) is 36.7 Å². The van der Waals surface area contributed by atoms with Crippen LogP contribution in [0.3, 0.4) is 0 Å². The number of hydrogen-bond acceptors (Lipinski definition) is 9. The molecule has 3 aromatic rings. The van der Waals surface area contributed by atoms with Gasteiger partial charge in [-0.3, -0.25) is 14.4 Å². The van der Waals surface area contributed by atoms with Gasteiger partial charge in [0.1, 0.15) is 12.4 Å². The van der Waals surface area contributed by atoms with Crippen LogP contribution in [0.15, 0.2) is 47.6 Å². The highest BCUT2D eigenvalue weighted by Gasteiger charge is 2.29. The third-order valence-electron chi connectivity index (χ3n) is 8.02. The van der Waals surface area contributed by atoms with Crippen LogP contribution in [-0.2, 0) is 35.7 Å². The molecule has 0 aliphatic carbocycles. The summed E-state index contributed by atoms with van der Waals surface area (Å²) < 4.78 is 19.8. The lowest BCUT2D eigenvalue weighted by atomic mass is 10.00. The second kappa shape index (κ2) is 12.8. The number of benzene rings is 2. The Labute approximate surface area is 243 Å². The number of nitrogens with zero attached hydrogens (tertiary/aromatic N) is 6. The molecule has 3 heterocycles. The van der Waals surface area contributed by atoms with Gasteiger partial charge in [-0.25, -0.2) is 9.18 Å². The van der Waals surface area contributed by atoms with Crippen molar-refractivity contribution >= 4 is 23.3 Å². The molecule has 5 rings (SSSR count). The summed E-state index contributed by atoms with van der Waals surface area (Å²) in [6.45, 7) is 5.04. The fourth-order valence-electron chi connectivity index (χ4n) is 5.82. The normalized spacial score (nSPS) is 16.2. The summed E-state index contributed by atoms with van der Waals surface area (Å²) in [5.41, 5.74) is 5.07. The van der Waals surface area contributed by atoms with Crippen LogP contribution in [0.1, 0.15) is 34.1 Å². The number of nitroso groups, excluding NO2 is 1. The Morgan fingerprint density at radius 3 is 2.45 bits per heavy atom. The lowest BCUT2D eigenvalue weighted by Gasteiger charge is -2.37. The molecule has 2 aromatic carbocycles. The number of rotatable bonds is 9. The summed E-state index contributed by atoms with van der Waals surface area (Å²) in [5, 5.41) is 19.1. The number of alkyl halides is 1. The smallest absolute Gasteiger partial charge is 0.340 e. The number of halogens is 1. The zero-order valence-electron chi connectivity index (χ0n) is 23.8. The van der Waals surface area contributed by atoms with Crippen molar-refractivity contribution in [3.8, 4) is 11.3 Å². The van der Waals surface area contributed by atoms with E-state index in [1.165, 1.54) is 7.11 Å². The molecule has 42 heavy (non-hydrogen) atoms. The minimum Gasteiger partial charge on any atom is -0.465 e. The number of methoxy groups -OCH3 is 1. The van der Waals surface area contributed by atoms with Gasteiger partial charge in [0.2, 0.25) is 5.91 Å². The summed E-state index contributed by atoms with van der Waals surface area (Å²) in [7, 11) is 1.30. The van der Waals surface area contributed by atoms with E-state index in [2.05, 4.69) is 10.1 Å². The van der Waals surface area contributed by atoms with Crippen LogP contribution in [0.5, 0.6) is 0 Å². The van der Waals surface area contributed by atoms with E-state index in [0.717, 1.165) is 22.5 Å². The molecule has 2 aliphatic heterocycles. The molecule has 222 valence electrons. The fourth-order valence-corrected chi connectivity index (χ4v) is 5.82. The largest absolute Gasteiger partial charge is 0.465 e. The van der Waals surface area contributed by atoms with Crippen molar-refractivity contribution < 1.29 is 23.8 Å². The quantitative estimate of drug-likeness (QED) is 0.303. The topological polar surface area (TPSA) is 121 Å². The van der Waals surface area contributed by atoms with Crippen molar-refractivity contribution in [3.05, 3.63) is 69.8 Å². The average molecular weight is 579 g/mol. The summed E-state index contributed by atoms with van der Waals surface area (Å²) in [5.74, 6) is -0.531. The Morgan fingerprint density at radius 2 is 1.81 bits per heavy atom. The maximum absolute atomic E-state index is 13.1. The van der Waals surface area contributed by atoms with Crippen molar-refractivity contribution in [1.82, 2.24) is 19.6 Å². The number of β-amino-alcohol motifs (C(OH)–C–C–N with tert-alkyl or cyclic N) is 1. The highest BCUT2D eigenvalue weighted by atomic mass is 19.1. The molecule has 0 bridgehead atoms. The third-order valence-corrected chi connectivity index (χ3v) is 8.02. The first-order chi connectivity index (χ1) is 20.3. The highest BCUT2D eigenvalue weighted by Crippen LogP contribution is 2.34. The molecule has 1 fully saturated rings. The van der Waals surface area contributed by atoms with E-state index in [-0.39, 0.29) is 18.1 Å². The zero-order valence-corrected chi connectivity index (χ0v) is 23.8. The van der Waals surface area contributed by atoms with Crippen molar-refractivity contribution in [2.24, 2.45) is 5.18 Å². The summed E-state index contributed by atoms with van der Waals surface area (Å²) in [4.78, 5) is 41.8. The number of fused-ring (bicyclic) bond motifs is 1. The number of piperazine rings is 1. The molecule has 0 spiro atoms. The van der Waals surface area contributed by atoms with E-state index in [1.807, 2.05) is 21.7 Å². The molecule has 12 heteroatoms. The minimum atomic E-state index is -0.706. The lowest BCUT2D eigenvalue weighted by molar-refractivity contribution is -0.129. The van der Waals surface area contributed by atoms with Gasteiger partial charge in [0, 0.05) is 76.0 Å². The third kappa shape index (κ3) is 6.04. The van der Waals surface area contributed by atoms with Gasteiger partial charge in [-0.05, 0) is 22.9 Å². The predicted octanol–water partition coefficient (Wildman–Crippen LogP) is 3.29. The van der Waals surface area contributed by atoms with E-state index >= 15 is 0 Å². The van der Waals surface area contributed by atoms with Gasteiger partial charge in [-0.2, -0.15) is 5.10 Å². The fraction of sp³-hybridized carbons (Fsp3) is 0.433. The number of aliphatic hydroxyl groups excluding tert-OH is 1. The molecule has 0 radical (unpaired) electrons. The molecular formula is C30H35FN6O5. The molecule has 1 unspecified atom stereocenters. The zero-order chi connectivity index (χ0) is 29.8. The average Bonchev–Trinajstić information content (AvgIpc) is 3.37. The predicted molar refractivity (Wildman–Crippen MR) is 155 cm³/mol. The summed E-state index contributed by atoms with van der Waals surface area (Å²) >= 11 is 0. The Morgan fingerprint density at radius 1 is 1.07 bits per heavy atom. The lowest BCUT2D eigenvalue weighted by Crippen LogP contribution is -2.49. The second-order valence-electron chi connectivity index (χ2n) is 10.7. The van der Waals surface area contributed by atoms with Crippen LogP contribution in [-0.4, -0.2) is 89.0 Å². The first-order valence-corrected chi connectivity index (χ1v) is 14.0. The number of ether oxygens (including phenoxy) is 1. The van der Waals surface area contributed by atoms with Gasteiger partial charge < -0.3 is 19.6 Å². The Kier molecular flexibility index (Phi) is 8.93. The van der Waals surface area contributed by atoms with Crippen molar-refractivity contribution in [2.45, 2.75) is 39.2 Å². The van der Waals surface area contributed by atoms with Gasteiger partial charge in [-0.1, -0.05) is 30.3 Å². The summed E-state index contributed by atoms with van der Waals surface area (Å²) in [6, 6.07) is 12.0. The first kappa shape index (κ1) is 29.3. The van der Waals surface area contributed by atoms with E-state index in [9.17, 15) is 24.0 Å². The molecule has 2 aliphatic rings. The Hall–Kier alpha value is -4.16. The second-order valence-corrected chi connectivity index (χ2v) is 10.7. The molecule has 1 N–H and O–H groups in total. The molecule has 11 nitrogen and oxygen atoms in total. The van der Waals surface area contributed by atoms with Crippen LogP contribution in [0.25, 0.3) is 11.3 Å². The monoisotopic (exact) mass is 578 g/mol. The number of hydrogen-bond donors (Lipinski definition) is 1. The van der Waals surface area contributed by atoms with E-state index in [1.54, 1.807) is 42.2 Å².